The second-order valence-corrected chi connectivity index (χ2v) is 12.0. The molecule has 5 rings (SSSR count). The van der Waals surface area contributed by atoms with Crippen LogP contribution >= 0.6 is 0 Å². The van der Waals surface area contributed by atoms with E-state index in [-0.39, 0.29) is 5.75 Å². The van der Waals surface area contributed by atoms with Gasteiger partial charge in [-0.05, 0) is 37.0 Å². The lowest BCUT2D eigenvalue weighted by molar-refractivity contribution is 0.432. The Morgan fingerprint density at radius 2 is 1.59 bits per heavy atom. The fourth-order valence-electron chi connectivity index (χ4n) is 4.90. The minimum atomic E-state index is -3.41. The zero-order valence-electron chi connectivity index (χ0n) is 21.7. The van der Waals surface area contributed by atoms with Gasteiger partial charge in [0.05, 0.1) is 22.5 Å². The summed E-state index contributed by atoms with van der Waals surface area (Å²) in [5.41, 5.74) is 3.42. The zero-order chi connectivity index (χ0) is 26.0. The maximum Gasteiger partial charge on any atom is 0.218 e. The maximum absolute atomic E-state index is 13.2. The Morgan fingerprint density at radius 3 is 2.30 bits per heavy atom. The van der Waals surface area contributed by atoms with Crippen molar-refractivity contribution in [3.8, 4) is 5.69 Å². The molecule has 0 unspecified atom stereocenters. The minimum absolute atomic E-state index is 0.0209. The van der Waals surface area contributed by atoms with E-state index < -0.39 is 10.0 Å². The smallest absolute Gasteiger partial charge is 0.218 e. The van der Waals surface area contributed by atoms with Crippen molar-refractivity contribution >= 4 is 26.9 Å². The van der Waals surface area contributed by atoms with Crippen molar-refractivity contribution in [2.24, 2.45) is 5.92 Å². The van der Waals surface area contributed by atoms with Crippen LogP contribution < -0.4 is 4.90 Å². The molecule has 37 heavy (non-hydrogen) atoms. The molecular formula is C28H34N6O2S. The molecule has 2 aromatic heterocycles. The molecule has 8 nitrogen and oxygen atoms in total. The quantitative estimate of drug-likeness (QED) is 0.361. The lowest BCUT2D eigenvalue weighted by atomic mass is 10.1. The fourth-order valence-corrected chi connectivity index (χ4v) is 6.46. The van der Waals surface area contributed by atoms with Crippen molar-refractivity contribution in [2.45, 2.75) is 39.4 Å². The first-order valence-corrected chi connectivity index (χ1v) is 14.5. The molecule has 9 heteroatoms. The van der Waals surface area contributed by atoms with Gasteiger partial charge in [-0.1, -0.05) is 62.4 Å². The van der Waals surface area contributed by atoms with Crippen LogP contribution in [0.2, 0.25) is 0 Å². The van der Waals surface area contributed by atoms with Crippen LogP contribution in [0, 0.1) is 12.8 Å². The molecule has 3 heterocycles. The molecular weight excluding hydrogens is 484 g/mol. The number of aryl methyl sites for hydroxylation is 1. The SMILES string of the molecule is Cc1nn(-c2ccccc2)c2nc(CC(C)C)nc(N3CCCN(S(=O)(=O)Cc4ccccc4)CC3)c12. The van der Waals surface area contributed by atoms with Crippen molar-refractivity contribution in [3.05, 3.63) is 77.7 Å². The summed E-state index contributed by atoms with van der Waals surface area (Å²) in [5.74, 6) is 2.06. The summed E-state index contributed by atoms with van der Waals surface area (Å²) >= 11 is 0. The van der Waals surface area contributed by atoms with Crippen molar-refractivity contribution < 1.29 is 8.42 Å². The van der Waals surface area contributed by atoms with E-state index in [0.717, 1.165) is 59.0 Å². The van der Waals surface area contributed by atoms with E-state index >= 15 is 0 Å². The highest BCUT2D eigenvalue weighted by Crippen LogP contribution is 2.30. The monoisotopic (exact) mass is 518 g/mol. The minimum Gasteiger partial charge on any atom is -0.355 e. The van der Waals surface area contributed by atoms with Crippen molar-refractivity contribution in [1.82, 2.24) is 24.1 Å². The van der Waals surface area contributed by atoms with Gasteiger partial charge in [0, 0.05) is 32.6 Å². The summed E-state index contributed by atoms with van der Waals surface area (Å²) in [5, 5.41) is 5.77. The number of rotatable bonds is 7. The summed E-state index contributed by atoms with van der Waals surface area (Å²) in [7, 11) is -3.41. The largest absolute Gasteiger partial charge is 0.355 e. The number of aromatic nitrogens is 4. The first-order valence-electron chi connectivity index (χ1n) is 12.9. The molecule has 0 aliphatic carbocycles. The van der Waals surface area contributed by atoms with Gasteiger partial charge in [-0.25, -0.2) is 23.1 Å². The molecule has 4 aromatic rings. The van der Waals surface area contributed by atoms with E-state index in [9.17, 15) is 8.42 Å². The maximum atomic E-state index is 13.2. The predicted octanol–water partition coefficient (Wildman–Crippen LogP) is 4.36. The normalized spacial score (nSPS) is 15.4. The third kappa shape index (κ3) is 5.52. The Bertz CT molecular complexity index is 1470. The van der Waals surface area contributed by atoms with Crippen molar-refractivity contribution in [2.75, 3.05) is 31.1 Å². The highest BCUT2D eigenvalue weighted by atomic mass is 32.2. The summed E-state index contributed by atoms with van der Waals surface area (Å²) in [6.07, 6.45) is 1.48. The molecule has 0 amide bonds. The molecule has 0 spiro atoms. The molecule has 0 N–H and O–H groups in total. The van der Waals surface area contributed by atoms with Crippen LogP contribution in [0.1, 0.15) is 37.4 Å². The number of sulfonamides is 1. The zero-order valence-corrected chi connectivity index (χ0v) is 22.5. The van der Waals surface area contributed by atoms with Gasteiger partial charge in [-0.2, -0.15) is 9.40 Å². The molecule has 194 valence electrons. The molecule has 0 saturated carbocycles. The molecule has 0 bridgehead atoms. The topological polar surface area (TPSA) is 84.2 Å². The molecule has 1 saturated heterocycles. The van der Waals surface area contributed by atoms with Crippen LogP contribution in [-0.4, -0.2) is 58.7 Å². The average Bonchev–Trinajstić information content (AvgIpc) is 3.04. The number of hydrogen-bond acceptors (Lipinski definition) is 6. The van der Waals surface area contributed by atoms with Gasteiger partial charge in [0.25, 0.3) is 0 Å². The van der Waals surface area contributed by atoms with E-state index in [0.29, 0.717) is 25.6 Å². The number of anilines is 1. The standard InChI is InChI=1S/C28H34N6O2S/c1-21(2)19-25-29-27(26-22(3)31-34(28(26)30-25)24-13-8-5-9-14-24)32-15-10-16-33(18-17-32)37(35,36)20-23-11-6-4-7-12-23/h4-9,11-14,21H,10,15-20H2,1-3H3. The molecule has 1 aliphatic rings. The molecule has 1 fully saturated rings. The van der Waals surface area contributed by atoms with Crippen LogP contribution in [0.5, 0.6) is 0 Å². The number of hydrogen-bond donors (Lipinski definition) is 0. The van der Waals surface area contributed by atoms with E-state index in [1.54, 1.807) is 4.31 Å². The number of nitrogens with zero attached hydrogens (tertiary/aromatic N) is 6. The highest BCUT2D eigenvalue weighted by Gasteiger charge is 2.28. The van der Waals surface area contributed by atoms with E-state index in [1.807, 2.05) is 72.3 Å². The third-order valence-electron chi connectivity index (χ3n) is 6.66. The lowest BCUT2D eigenvalue weighted by Crippen LogP contribution is -2.36. The first kappa shape index (κ1) is 25.4. The highest BCUT2D eigenvalue weighted by molar-refractivity contribution is 7.88. The van der Waals surface area contributed by atoms with Gasteiger partial charge in [0.15, 0.2) is 5.65 Å². The lowest BCUT2D eigenvalue weighted by Gasteiger charge is -2.24. The Morgan fingerprint density at radius 1 is 0.892 bits per heavy atom. The molecule has 1 aliphatic heterocycles. The second kappa shape index (κ2) is 10.6. The number of fused-ring (bicyclic) bond motifs is 1. The summed E-state index contributed by atoms with van der Waals surface area (Å²) in [4.78, 5) is 12.2. The van der Waals surface area contributed by atoms with E-state index in [1.165, 1.54) is 0 Å². The van der Waals surface area contributed by atoms with Crippen LogP contribution in [0.4, 0.5) is 5.82 Å². The number of benzene rings is 2. The molecule has 0 atom stereocenters. The van der Waals surface area contributed by atoms with Crippen LogP contribution in [-0.2, 0) is 22.2 Å². The Balaban J connectivity index is 1.48. The van der Waals surface area contributed by atoms with Crippen LogP contribution in [0.3, 0.4) is 0 Å². The Kier molecular flexibility index (Phi) is 7.26. The van der Waals surface area contributed by atoms with Gasteiger partial charge in [-0.15, -0.1) is 0 Å². The van der Waals surface area contributed by atoms with Gasteiger partial charge in [0.1, 0.15) is 11.6 Å². The third-order valence-corrected chi connectivity index (χ3v) is 8.51. The first-order chi connectivity index (χ1) is 17.8. The van der Waals surface area contributed by atoms with E-state index in [2.05, 4.69) is 18.7 Å². The van der Waals surface area contributed by atoms with Gasteiger partial charge in [-0.3, -0.25) is 0 Å². The molecule has 2 aromatic carbocycles. The Labute approximate surface area is 219 Å². The number of para-hydroxylation sites is 1. The molecule has 0 radical (unpaired) electrons. The van der Waals surface area contributed by atoms with Gasteiger partial charge < -0.3 is 4.90 Å². The predicted molar refractivity (Wildman–Crippen MR) is 147 cm³/mol. The Hall–Kier alpha value is -3.30. The van der Waals surface area contributed by atoms with Gasteiger partial charge >= 0.3 is 0 Å². The van der Waals surface area contributed by atoms with Crippen molar-refractivity contribution in [1.29, 1.82) is 0 Å². The summed E-state index contributed by atoms with van der Waals surface area (Å²) in [6, 6.07) is 19.4. The van der Waals surface area contributed by atoms with Gasteiger partial charge in [0.2, 0.25) is 10.0 Å². The average molecular weight is 519 g/mol. The van der Waals surface area contributed by atoms with Crippen LogP contribution in [0.15, 0.2) is 60.7 Å². The second-order valence-electron chi connectivity index (χ2n) is 10.1. The fraction of sp³-hybridized carbons (Fsp3) is 0.393. The summed E-state index contributed by atoms with van der Waals surface area (Å²) in [6.45, 7) is 8.53. The van der Waals surface area contributed by atoms with Crippen LogP contribution in [0.25, 0.3) is 16.7 Å². The van der Waals surface area contributed by atoms with Crippen molar-refractivity contribution in [3.63, 3.8) is 0 Å². The van der Waals surface area contributed by atoms with E-state index in [4.69, 9.17) is 15.1 Å². The summed E-state index contributed by atoms with van der Waals surface area (Å²) < 4.78 is 30.0.